The lowest BCUT2D eigenvalue weighted by atomic mass is 9.99. The molecule has 1 atom stereocenters. The fraction of sp³-hybridized carbons (Fsp3) is 0.395. The average molecular weight is 739 g/mol. The first-order valence-electron chi connectivity index (χ1n) is 18.3. The molecule has 6 aromatic rings. The maximum atomic E-state index is 13.0. The highest BCUT2D eigenvalue weighted by Gasteiger charge is 2.23. The molecular formula is C43H50N2O5S2. The van der Waals surface area contributed by atoms with E-state index in [1.54, 1.807) is 22.7 Å². The van der Waals surface area contributed by atoms with Crippen molar-refractivity contribution in [2.45, 2.75) is 58.1 Å². The van der Waals surface area contributed by atoms with E-state index in [0.717, 1.165) is 97.2 Å². The Labute approximate surface area is 314 Å². The lowest BCUT2D eigenvalue weighted by Gasteiger charge is -2.36. The molecule has 0 fully saturated rings. The van der Waals surface area contributed by atoms with Gasteiger partial charge in [0.05, 0.1) is 19.3 Å². The zero-order valence-corrected chi connectivity index (χ0v) is 32.6. The first-order valence-corrected chi connectivity index (χ1v) is 19.9. The molecule has 0 bridgehead atoms. The van der Waals surface area contributed by atoms with Crippen LogP contribution in [0.4, 0.5) is 0 Å². The summed E-state index contributed by atoms with van der Waals surface area (Å²) in [5.41, 5.74) is 0.125. The van der Waals surface area contributed by atoms with Crippen molar-refractivity contribution in [3.63, 3.8) is 0 Å². The Balaban J connectivity index is 0.848. The van der Waals surface area contributed by atoms with Crippen LogP contribution in [0.3, 0.4) is 0 Å². The van der Waals surface area contributed by atoms with Gasteiger partial charge in [-0.15, -0.1) is 22.7 Å². The minimum Gasteiger partial charge on any atom is -0.494 e. The van der Waals surface area contributed by atoms with Gasteiger partial charge in [0.1, 0.15) is 11.5 Å². The van der Waals surface area contributed by atoms with E-state index in [2.05, 4.69) is 44.7 Å². The molecule has 0 N–H and O–H groups in total. The summed E-state index contributed by atoms with van der Waals surface area (Å²) in [4.78, 5) is 30.7. The quantitative estimate of drug-likeness (QED) is 0.0644. The van der Waals surface area contributed by atoms with Crippen LogP contribution in [-0.4, -0.2) is 75.0 Å². The van der Waals surface area contributed by atoms with Gasteiger partial charge in [-0.2, -0.15) is 0 Å². The van der Waals surface area contributed by atoms with E-state index in [9.17, 15) is 9.59 Å². The maximum absolute atomic E-state index is 13.0. The molecule has 2 aromatic heterocycles. The predicted molar refractivity (Wildman–Crippen MR) is 220 cm³/mol. The van der Waals surface area contributed by atoms with Crippen LogP contribution in [0.25, 0.3) is 40.3 Å². The smallest absolute Gasteiger partial charge is 0.196 e. The van der Waals surface area contributed by atoms with E-state index in [4.69, 9.17) is 14.2 Å². The highest BCUT2D eigenvalue weighted by molar-refractivity contribution is 7.24. The third-order valence-corrected chi connectivity index (χ3v) is 12.3. The number of benzene rings is 4. The normalized spacial score (nSPS) is 12.8. The van der Waals surface area contributed by atoms with Gasteiger partial charge >= 0.3 is 0 Å². The Morgan fingerprint density at radius 3 is 1.69 bits per heavy atom. The molecular weight excluding hydrogens is 689 g/mol. The summed E-state index contributed by atoms with van der Waals surface area (Å²) in [7, 11) is 4.31. The average Bonchev–Trinajstić information content (AvgIpc) is 3.14. The largest absolute Gasteiger partial charge is 0.494 e. The second kappa shape index (κ2) is 17.3. The lowest BCUT2D eigenvalue weighted by Crippen LogP contribution is -2.43. The SMILES string of the molecule is CC(CCN(C)CCCOc1ccc2sc3ccccc3c(=O)c2c1)OCCC(C)(C)N(C)CCCOc1ccc2sc3ccccc3c(=O)c2c1. The van der Waals surface area contributed by atoms with E-state index in [0.29, 0.717) is 19.8 Å². The third-order valence-electron chi connectivity index (χ3n) is 10.0. The molecule has 0 amide bonds. The van der Waals surface area contributed by atoms with Crippen LogP contribution in [-0.2, 0) is 4.74 Å². The van der Waals surface area contributed by atoms with Gasteiger partial charge in [-0.05, 0) is 121 Å². The second-order valence-corrected chi connectivity index (χ2v) is 16.5. The van der Waals surface area contributed by atoms with Crippen LogP contribution in [0.5, 0.6) is 11.5 Å². The number of nitrogens with zero attached hydrogens (tertiary/aromatic N) is 2. The molecule has 6 rings (SSSR count). The Kier molecular flexibility index (Phi) is 12.6. The fourth-order valence-corrected chi connectivity index (χ4v) is 8.46. The monoisotopic (exact) mass is 738 g/mol. The van der Waals surface area contributed by atoms with E-state index in [1.165, 1.54) is 0 Å². The Morgan fingerprint density at radius 1 is 0.635 bits per heavy atom. The summed E-state index contributed by atoms with van der Waals surface area (Å²) in [5.74, 6) is 1.49. The predicted octanol–water partition coefficient (Wildman–Crippen LogP) is 9.21. The van der Waals surface area contributed by atoms with Crippen molar-refractivity contribution in [1.82, 2.24) is 9.80 Å². The summed E-state index contributed by atoms with van der Waals surface area (Å²) >= 11 is 3.28. The molecule has 0 saturated heterocycles. The zero-order valence-electron chi connectivity index (χ0n) is 31.0. The first-order chi connectivity index (χ1) is 25.1. The van der Waals surface area contributed by atoms with Gasteiger partial charge in [-0.3, -0.25) is 9.59 Å². The van der Waals surface area contributed by atoms with Gasteiger partial charge in [0.25, 0.3) is 0 Å². The molecule has 2 heterocycles. The van der Waals surface area contributed by atoms with Crippen LogP contribution < -0.4 is 20.3 Å². The van der Waals surface area contributed by atoms with Crippen LogP contribution in [0.1, 0.15) is 46.5 Å². The highest BCUT2D eigenvalue weighted by atomic mass is 32.1. The maximum Gasteiger partial charge on any atom is 0.196 e. The molecule has 7 nitrogen and oxygen atoms in total. The topological polar surface area (TPSA) is 68.3 Å². The number of fused-ring (bicyclic) bond motifs is 4. The molecule has 0 aliphatic rings. The highest BCUT2D eigenvalue weighted by Crippen LogP contribution is 2.29. The molecule has 9 heteroatoms. The van der Waals surface area contributed by atoms with Crippen LogP contribution in [0, 0.1) is 0 Å². The standard InChI is InChI=1S/C43H50N2O5S2/c1-30(20-24-44(4)22-10-25-49-31-16-18-39-35(28-31)41(46)33-12-6-8-14-37(33)51-39)48-27-21-43(2,3)45(5)23-11-26-50-32-17-19-40-36(29-32)42(47)34-13-7-9-15-38(34)52-40/h6-9,12-19,28-30H,10-11,20-27H2,1-5H3. The minimum absolute atomic E-state index is 0.00592. The van der Waals surface area contributed by atoms with Gasteiger partial charge in [0.15, 0.2) is 10.9 Å². The third kappa shape index (κ3) is 9.38. The molecule has 0 radical (unpaired) electrons. The van der Waals surface area contributed by atoms with E-state index >= 15 is 0 Å². The molecule has 0 spiro atoms. The van der Waals surface area contributed by atoms with Crippen molar-refractivity contribution < 1.29 is 14.2 Å². The molecule has 0 aliphatic carbocycles. The summed E-state index contributed by atoms with van der Waals surface area (Å²) in [6.45, 7) is 11.4. The van der Waals surface area contributed by atoms with Crippen molar-refractivity contribution in [2.75, 3.05) is 53.6 Å². The van der Waals surface area contributed by atoms with Crippen molar-refractivity contribution in [3.05, 3.63) is 105 Å². The summed E-state index contributed by atoms with van der Waals surface area (Å²) in [6, 6.07) is 27.2. The molecule has 0 saturated carbocycles. The number of rotatable bonds is 18. The number of ether oxygens (including phenoxy) is 3. The number of hydrogen-bond donors (Lipinski definition) is 0. The Hall–Kier alpha value is -3.86. The molecule has 0 aliphatic heterocycles. The van der Waals surface area contributed by atoms with Crippen molar-refractivity contribution >= 4 is 63.0 Å². The van der Waals surface area contributed by atoms with Crippen LogP contribution in [0.15, 0.2) is 94.5 Å². The van der Waals surface area contributed by atoms with Gasteiger partial charge < -0.3 is 24.0 Å². The summed E-state index contributed by atoms with van der Waals surface area (Å²) < 4.78 is 22.3. The Bertz CT molecular complexity index is 2250. The fourth-order valence-electron chi connectivity index (χ4n) is 6.36. The zero-order chi connectivity index (χ0) is 36.7. The van der Waals surface area contributed by atoms with Crippen molar-refractivity contribution in [2.24, 2.45) is 0 Å². The van der Waals surface area contributed by atoms with Crippen molar-refractivity contribution in [1.29, 1.82) is 0 Å². The van der Waals surface area contributed by atoms with E-state index in [1.807, 2.05) is 84.9 Å². The molecule has 1 unspecified atom stereocenters. The summed E-state index contributed by atoms with van der Waals surface area (Å²) in [5, 5.41) is 2.97. The second-order valence-electron chi connectivity index (χ2n) is 14.3. The first kappa shape index (κ1) is 37.9. The lowest BCUT2D eigenvalue weighted by molar-refractivity contribution is 0.0236. The molecule has 274 valence electrons. The summed E-state index contributed by atoms with van der Waals surface area (Å²) in [6.07, 6.45) is 3.88. The number of hydrogen-bond acceptors (Lipinski definition) is 9. The molecule has 4 aromatic carbocycles. The van der Waals surface area contributed by atoms with E-state index < -0.39 is 0 Å². The van der Waals surface area contributed by atoms with Gasteiger partial charge in [-0.1, -0.05) is 24.3 Å². The Morgan fingerprint density at radius 2 is 1.13 bits per heavy atom. The van der Waals surface area contributed by atoms with Gasteiger partial charge in [0.2, 0.25) is 0 Å². The van der Waals surface area contributed by atoms with Gasteiger partial charge in [0, 0.05) is 72.1 Å². The van der Waals surface area contributed by atoms with Crippen molar-refractivity contribution in [3.8, 4) is 11.5 Å². The van der Waals surface area contributed by atoms with E-state index in [-0.39, 0.29) is 22.5 Å². The van der Waals surface area contributed by atoms with Crippen LogP contribution >= 0.6 is 22.7 Å². The van der Waals surface area contributed by atoms with Gasteiger partial charge in [-0.25, -0.2) is 0 Å². The molecule has 52 heavy (non-hydrogen) atoms. The van der Waals surface area contributed by atoms with Crippen LogP contribution in [0.2, 0.25) is 0 Å². The minimum atomic E-state index is -0.00592.